The fourth-order valence-electron chi connectivity index (χ4n) is 4.42. The minimum Gasteiger partial charge on any atom is -0.395 e. The van der Waals surface area contributed by atoms with E-state index in [2.05, 4.69) is 17.9 Å². The van der Waals surface area contributed by atoms with Crippen molar-refractivity contribution in [2.45, 2.75) is 32.6 Å². The van der Waals surface area contributed by atoms with Crippen LogP contribution in [0.4, 0.5) is 0 Å². The molecule has 1 heterocycles. The van der Waals surface area contributed by atoms with Crippen LogP contribution in [0.2, 0.25) is 0 Å². The first-order valence-corrected chi connectivity index (χ1v) is 6.87. The predicted octanol–water partition coefficient (Wildman–Crippen LogP) is 2.25. The van der Waals surface area contributed by atoms with Gasteiger partial charge in [-0.1, -0.05) is 13.0 Å². The van der Waals surface area contributed by atoms with Crippen molar-refractivity contribution in [1.82, 2.24) is 4.90 Å². The van der Waals surface area contributed by atoms with Gasteiger partial charge < -0.3 is 10.0 Å². The van der Waals surface area contributed by atoms with Crippen LogP contribution in [0.15, 0.2) is 11.8 Å². The van der Waals surface area contributed by atoms with Crippen molar-refractivity contribution in [1.29, 1.82) is 0 Å². The van der Waals surface area contributed by atoms with Gasteiger partial charge in [-0.3, -0.25) is 0 Å². The Hall–Kier alpha value is -0.500. The average molecular weight is 221 g/mol. The Morgan fingerprint density at radius 2 is 2.19 bits per heavy atom. The van der Waals surface area contributed by atoms with Crippen molar-refractivity contribution in [2.24, 2.45) is 23.7 Å². The molecule has 0 aromatic carbocycles. The smallest absolute Gasteiger partial charge is 0.0606 e. The van der Waals surface area contributed by atoms with Crippen molar-refractivity contribution < 1.29 is 5.11 Å². The summed E-state index contributed by atoms with van der Waals surface area (Å²) in [4.78, 5) is 2.43. The van der Waals surface area contributed by atoms with E-state index in [9.17, 15) is 0 Å². The topological polar surface area (TPSA) is 23.5 Å². The summed E-state index contributed by atoms with van der Waals surface area (Å²) in [6.45, 7) is 4.72. The fraction of sp³-hybridized carbons (Fsp3) is 0.857. The molecule has 0 aromatic rings. The molecule has 2 aliphatic carbocycles. The van der Waals surface area contributed by atoms with Crippen LogP contribution in [0, 0.1) is 23.7 Å². The molecule has 1 aliphatic heterocycles. The Balaban J connectivity index is 1.77. The monoisotopic (exact) mass is 221 g/mol. The van der Waals surface area contributed by atoms with Crippen LogP contribution in [0.25, 0.3) is 0 Å². The average Bonchev–Trinajstić information content (AvgIpc) is 2.94. The first-order chi connectivity index (χ1) is 7.81. The van der Waals surface area contributed by atoms with Crippen molar-refractivity contribution >= 4 is 0 Å². The van der Waals surface area contributed by atoms with E-state index < -0.39 is 0 Å². The zero-order valence-electron chi connectivity index (χ0n) is 10.2. The molecule has 0 saturated heterocycles. The standard InChI is InChI=1S/C14H23NO/c1-10-11-4-5-12(9-11)14(10)13-3-2-6-15(13)7-8-16/h3,10-12,14,16H,2,4-9H2,1H3/t10-,11+,12+,14-/m1/s1. The predicted molar refractivity (Wildman–Crippen MR) is 64.8 cm³/mol. The van der Waals surface area contributed by atoms with Crippen molar-refractivity contribution in [3.63, 3.8) is 0 Å². The highest BCUT2D eigenvalue weighted by atomic mass is 16.3. The number of aliphatic hydroxyl groups excluding tert-OH is 1. The number of hydrogen-bond donors (Lipinski definition) is 1. The second-order valence-electron chi connectivity index (χ2n) is 5.85. The minimum atomic E-state index is 0.298. The van der Waals surface area contributed by atoms with Gasteiger partial charge in [0.25, 0.3) is 0 Å². The number of rotatable bonds is 3. The van der Waals surface area contributed by atoms with Gasteiger partial charge in [-0.2, -0.15) is 0 Å². The molecule has 2 saturated carbocycles. The lowest BCUT2D eigenvalue weighted by Crippen LogP contribution is -2.32. The number of β-amino-alcohol motifs (C(OH)–C–C–N with tert-alkyl or cyclic N) is 1. The van der Waals surface area contributed by atoms with E-state index in [0.717, 1.165) is 36.8 Å². The second kappa shape index (κ2) is 4.06. The van der Waals surface area contributed by atoms with Crippen LogP contribution >= 0.6 is 0 Å². The summed E-state index contributed by atoms with van der Waals surface area (Å²) in [5.74, 6) is 3.63. The van der Waals surface area contributed by atoms with Crippen LogP contribution in [0.1, 0.15) is 32.6 Å². The molecule has 2 nitrogen and oxygen atoms in total. The Morgan fingerprint density at radius 1 is 1.38 bits per heavy atom. The van der Waals surface area contributed by atoms with Crippen LogP contribution < -0.4 is 0 Å². The summed E-state index contributed by atoms with van der Waals surface area (Å²) in [5.41, 5.74) is 1.58. The molecule has 0 radical (unpaired) electrons. The Labute approximate surface area is 98.3 Å². The van der Waals surface area contributed by atoms with E-state index in [1.54, 1.807) is 5.70 Å². The highest BCUT2D eigenvalue weighted by molar-refractivity contribution is 5.17. The molecule has 16 heavy (non-hydrogen) atoms. The molecule has 0 spiro atoms. The summed E-state index contributed by atoms with van der Waals surface area (Å²) < 4.78 is 0. The lowest BCUT2D eigenvalue weighted by molar-refractivity contribution is 0.188. The van der Waals surface area contributed by atoms with E-state index in [-0.39, 0.29) is 0 Å². The zero-order chi connectivity index (χ0) is 11.1. The maximum absolute atomic E-state index is 9.12. The highest BCUT2D eigenvalue weighted by Gasteiger charge is 2.47. The molecule has 2 bridgehead atoms. The second-order valence-corrected chi connectivity index (χ2v) is 5.85. The number of nitrogens with zero attached hydrogens (tertiary/aromatic N) is 1. The summed E-state index contributed by atoms with van der Waals surface area (Å²) >= 11 is 0. The molecular formula is C14H23NO. The summed E-state index contributed by atoms with van der Waals surface area (Å²) in [6.07, 6.45) is 8.02. The Morgan fingerprint density at radius 3 is 2.88 bits per heavy atom. The molecule has 90 valence electrons. The van der Waals surface area contributed by atoms with Gasteiger partial charge in [0.2, 0.25) is 0 Å². The molecule has 1 N–H and O–H groups in total. The highest BCUT2D eigenvalue weighted by Crippen LogP contribution is 2.55. The zero-order valence-corrected chi connectivity index (χ0v) is 10.2. The lowest BCUT2D eigenvalue weighted by atomic mass is 9.78. The number of aliphatic hydroxyl groups is 1. The molecule has 0 amide bonds. The van der Waals surface area contributed by atoms with Gasteiger partial charge in [-0.05, 0) is 43.4 Å². The maximum Gasteiger partial charge on any atom is 0.0606 e. The largest absolute Gasteiger partial charge is 0.395 e. The number of allylic oxidation sites excluding steroid dienone is 1. The molecule has 2 heteroatoms. The lowest BCUT2D eigenvalue weighted by Gasteiger charge is -2.34. The van der Waals surface area contributed by atoms with Crippen LogP contribution in [-0.2, 0) is 0 Å². The summed E-state index contributed by atoms with van der Waals surface area (Å²) in [5, 5.41) is 9.12. The van der Waals surface area contributed by atoms with E-state index in [4.69, 9.17) is 5.11 Å². The Kier molecular flexibility index (Phi) is 2.70. The number of fused-ring (bicyclic) bond motifs is 2. The summed E-state index contributed by atoms with van der Waals surface area (Å²) in [6, 6.07) is 0. The quantitative estimate of drug-likeness (QED) is 0.790. The van der Waals surface area contributed by atoms with Gasteiger partial charge in [0.1, 0.15) is 0 Å². The van der Waals surface area contributed by atoms with Crippen LogP contribution in [0.3, 0.4) is 0 Å². The summed E-state index contributed by atoms with van der Waals surface area (Å²) in [7, 11) is 0. The van der Waals surface area contributed by atoms with Gasteiger partial charge in [0.05, 0.1) is 6.61 Å². The molecule has 2 fully saturated rings. The first kappa shape index (κ1) is 10.6. The first-order valence-electron chi connectivity index (χ1n) is 6.87. The van der Waals surface area contributed by atoms with Gasteiger partial charge in [0, 0.05) is 24.7 Å². The van der Waals surface area contributed by atoms with Gasteiger partial charge in [-0.15, -0.1) is 0 Å². The SMILES string of the molecule is C[C@@H]1[C@H]2CC[C@@H](C2)[C@@H]1C1=CCCN1CCO. The third kappa shape index (κ3) is 1.50. The van der Waals surface area contributed by atoms with E-state index in [1.165, 1.54) is 25.7 Å². The molecule has 0 unspecified atom stereocenters. The third-order valence-electron chi connectivity index (χ3n) is 5.16. The van der Waals surface area contributed by atoms with Crippen LogP contribution in [-0.4, -0.2) is 29.7 Å². The van der Waals surface area contributed by atoms with Crippen molar-refractivity contribution in [2.75, 3.05) is 19.7 Å². The fourth-order valence-corrected chi connectivity index (χ4v) is 4.42. The Bertz CT molecular complexity index is 297. The van der Waals surface area contributed by atoms with E-state index in [1.807, 2.05) is 0 Å². The molecule has 3 rings (SSSR count). The third-order valence-corrected chi connectivity index (χ3v) is 5.16. The maximum atomic E-state index is 9.12. The minimum absolute atomic E-state index is 0.298. The van der Waals surface area contributed by atoms with Crippen LogP contribution in [0.5, 0.6) is 0 Å². The van der Waals surface area contributed by atoms with Gasteiger partial charge >= 0.3 is 0 Å². The van der Waals surface area contributed by atoms with Crippen molar-refractivity contribution in [3.05, 3.63) is 11.8 Å². The molecule has 3 aliphatic rings. The van der Waals surface area contributed by atoms with Gasteiger partial charge in [0.15, 0.2) is 0 Å². The van der Waals surface area contributed by atoms with Gasteiger partial charge in [-0.25, -0.2) is 0 Å². The van der Waals surface area contributed by atoms with E-state index >= 15 is 0 Å². The normalized spacial score (nSPS) is 41.9. The van der Waals surface area contributed by atoms with Crippen molar-refractivity contribution in [3.8, 4) is 0 Å². The van der Waals surface area contributed by atoms with E-state index in [0.29, 0.717) is 6.61 Å². The number of hydrogen-bond acceptors (Lipinski definition) is 2. The molecule has 0 aromatic heterocycles. The molecule has 4 atom stereocenters. The molecular weight excluding hydrogens is 198 g/mol.